The molecule has 1 rings (SSSR count). The van der Waals surface area contributed by atoms with E-state index in [0.29, 0.717) is 0 Å². The van der Waals surface area contributed by atoms with Crippen molar-refractivity contribution < 1.29 is 14.7 Å². The highest BCUT2D eigenvalue weighted by Crippen LogP contribution is 2.29. The monoisotopic (exact) mass is 172 g/mol. The van der Waals surface area contributed by atoms with Crippen molar-refractivity contribution in [3.05, 3.63) is 0 Å². The molecule has 1 aliphatic rings. The van der Waals surface area contributed by atoms with Gasteiger partial charge in [-0.25, -0.2) is 4.79 Å². The van der Waals surface area contributed by atoms with Gasteiger partial charge in [0.15, 0.2) is 0 Å². The summed E-state index contributed by atoms with van der Waals surface area (Å²) in [5.74, 6) is -0.694. The third-order valence-corrected chi connectivity index (χ3v) is 1.94. The van der Waals surface area contributed by atoms with Crippen molar-refractivity contribution in [1.82, 2.24) is 10.6 Å². The Kier molecular flexibility index (Phi) is 1.64. The van der Waals surface area contributed by atoms with Crippen LogP contribution in [0.2, 0.25) is 0 Å². The van der Waals surface area contributed by atoms with E-state index in [1.54, 1.807) is 20.8 Å². The van der Waals surface area contributed by atoms with E-state index in [4.69, 9.17) is 0 Å². The van der Waals surface area contributed by atoms with Crippen LogP contribution in [-0.2, 0) is 4.79 Å². The molecular weight excluding hydrogens is 160 g/mol. The topological polar surface area (TPSA) is 78.4 Å². The molecule has 0 aromatic rings. The highest BCUT2D eigenvalue weighted by atomic mass is 16.3. The Morgan fingerprint density at radius 2 is 1.83 bits per heavy atom. The van der Waals surface area contributed by atoms with Crippen LogP contribution in [0.5, 0.6) is 0 Å². The van der Waals surface area contributed by atoms with Crippen molar-refractivity contribution >= 4 is 11.9 Å². The normalized spacial score (nSPS) is 30.0. The summed E-state index contributed by atoms with van der Waals surface area (Å²) in [6, 6.07) is -0.655. The standard InChI is InChI=1S/C7H12N2O3/c1-6(2,3)7(12)4(10)8-5(11)9-7/h12H,1-3H3,(H2,8,9,10,11). The quantitative estimate of drug-likeness (QED) is 0.433. The molecule has 68 valence electrons. The maximum atomic E-state index is 11.1. The molecule has 3 N–H and O–H groups in total. The molecule has 0 aromatic heterocycles. The molecule has 0 aromatic carbocycles. The van der Waals surface area contributed by atoms with Gasteiger partial charge in [0.25, 0.3) is 5.91 Å². The second kappa shape index (κ2) is 2.20. The third-order valence-electron chi connectivity index (χ3n) is 1.94. The van der Waals surface area contributed by atoms with E-state index in [9.17, 15) is 14.7 Å². The molecule has 1 aliphatic heterocycles. The molecule has 5 heteroatoms. The Hall–Kier alpha value is -1.10. The summed E-state index contributed by atoms with van der Waals surface area (Å²) < 4.78 is 0. The Bertz CT molecular complexity index is 244. The Labute approximate surface area is 70.1 Å². The summed E-state index contributed by atoms with van der Waals surface area (Å²) in [7, 11) is 0. The minimum absolute atomic E-state index is 0.655. The Morgan fingerprint density at radius 1 is 1.33 bits per heavy atom. The second-order valence-corrected chi connectivity index (χ2v) is 3.87. The van der Waals surface area contributed by atoms with E-state index >= 15 is 0 Å². The first-order valence-electron chi connectivity index (χ1n) is 3.63. The fourth-order valence-electron chi connectivity index (χ4n) is 0.974. The van der Waals surface area contributed by atoms with Crippen LogP contribution >= 0.6 is 0 Å². The van der Waals surface area contributed by atoms with Crippen LogP contribution in [0.15, 0.2) is 0 Å². The number of amides is 3. The molecule has 3 amide bonds. The highest BCUT2D eigenvalue weighted by molar-refractivity contribution is 6.06. The molecule has 0 bridgehead atoms. The number of hydrogen-bond acceptors (Lipinski definition) is 3. The van der Waals surface area contributed by atoms with E-state index in [1.165, 1.54) is 0 Å². The van der Waals surface area contributed by atoms with Crippen molar-refractivity contribution in [3.8, 4) is 0 Å². The fraction of sp³-hybridized carbons (Fsp3) is 0.714. The number of carbonyl (C=O) groups is 2. The lowest BCUT2D eigenvalue weighted by Gasteiger charge is -2.33. The molecule has 5 nitrogen and oxygen atoms in total. The lowest BCUT2D eigenvalue weighted by molar-refractivity contribution is -0.149. The zero-order valence-corrected chi connectivity index (χ0v) is 7.26. The van der Waals surface area contributed by atoms with Gasteiger partial charge in [0.2, 0.25) is 5.72 Å². The molecule has 0 aliphatic carbocycles. The van der Waals surface area contributed by atoms with Crippen molar-refractivity contribution in [1.29, 1.82) is 0 Å². The van der Waals surface area contributed by atoms with Gasteiger partial charge in [0.1, 0.15) is 0 Å². The number of rotatable bonds is 0. The van der Waals surface area contributed by atoms with E-state index in [-0.39, 0.29) is 0 Å². The molecule has 0 saturated carbocycles. The van der Waals surface area contributed by atoms with Crippen LogP contribution in [0.4, 0.5) is 4.79 Å². The summed E-state index contributed by atoms with van der Waals surface area (Å²) >= 11 is 0. The highest BCUT2D eigenvalue weighted by Gasteiger charge is 2.53. The Morgan fingerprint density at radius 3 is 2.00 bits per heavy atom. The third kappa shape index (κ3) is 1.06. The maximum Gasteiger partial charge on any atom is 0.324 e. The van der Waals surface area contributed by atoms with Crippen molar-refractivity contribution in [2.75, 3.05) is 0 Å². The van der Waals surface area contributed by atoms with Crippen LogP contribution in [0, 0.1) is 5.41 Å². The van der Waals surface area contributed by atoms with Crippen LogP contribution in [0.3, 0.4) is 0 Å². The average Bonchev–Trinajstić information content (AvgIpc) is 2.06. The number of carbonyl (C=O) groups excluding carboxylic acids is 2. The number of hydrogen-bond donors (Lipinski definition) is 3. The number of imide groups is 1. The van der Waals surface area contributed by atoms with E-state index < -0.39 is 23.1 Å². The molecule has 1 saturated heterocycles. The largest absolute Gasteiger partial charge is 0.363 e. The van der Waals surface area contributed by atoms with E-state index in [2.05, 4.69) is 5.32 Å². The van der Waals surface area contributed by atoms with Gasteiger partial charge >= 0.3 is 6.03 Å². The van der Waals surface area contributed by atoms with Crippen molar-refractivity contribution in [2.45, 2.75) is 26.5 Å². The molecule has 0 spiro atoms. The summed E-state index contributed by atoms with van der Waals surface area (Å²) in [6.45, 7) is 4.99. The van der Waals surface area contributed by atoms with Gasteiger partial charge in [-0.3, -0.25) is 10.1 Å². The van der Waals surface area contributed by atoms with Crippen LogP contribution in [-0.4, -0.2) is 22.8 Å². The molecule has 1 fully saturated rings. The molecular formula is C7H12N2O3. The summed E-state index contributed by atoms with van der Waals surface area (Å²) in [4.78, 5) is 21.8. The van der Waals surface area contributed by atoms with Crippen molar-refractivity contribution in [3.63, 3.8) is 0 Å². The van der Waals surface area contributed by atoms with E-state index in [1.807, 2.05) is 5.32 Å². The smallest absolute Gasteiger partial charge is 0.324 e. The molecule has 0 radical (unpaired) electrons. The fourth-order valence-corrected chi connectivity index (χ4v) is 0.974. The summed E-state index contributed by atoms with van der Waals surface area (Å²) in [5, 5.41) is 13.9. The molecule has 12 heavy (non-hydrogen) atoms. The minimum atomic E-state index is -1.79. The van der Waals surface area contributed by atoms with Gasteiger partial charge in [-0.2, -0.15) is 0 Å². The lowest BCUT2D eigenvalue weighted by atomic mass is 9.83. The first-order valence-corrected chi connectivity index (χ1v) is 3.63. The van der Waals surface area contributed by atoms with E-state index in [0.717, 1.165) is 0 Å². The number of urea groups is 1. The zero-order valence-electron chi connectivity index (χ0n) is 7.26. The van der Waals surface area contributed by atoms with Crippen molar-refractivity contribution in [2.24, 2.45) is 5.41 Å². The second-order valence-electron chi connectivity index (χ2n) is 3.87. The lowest BCUT2D eigenvalue weighted by Crippen LogP contribution is -2.56. The molecule has 1 heterocycles. The minimum Gasteiger partial charge on any atom is -0.363 e. The van der Waals surface area contributed by atoms with Gasteiger partial charge in [-0.15, -0.1) is 0 Å². The Balaban J connectivity index is 3.00. The maximum absolute atomic E-state index is 11.1. The molecule has 1 atom stereocenters. The van der Waals surface area contributed by atoms with Crippen LogP contribution < -0.4 is 10.6 Å². The molecule has 1 unspecified atom stereocenters. The van der Waals surface area contributed by atoms with Crippen LogP contribution in [0.1, 0.15) is 20.8 Å². The predicted molar refractivity (Wildman–Crippen MR) is 41.1 cm³/mol. The van der Waals surface area contributed by atoms with Gasteiger partial charge < -0.3 is 10.4 Å². The number of nitrogens with one attached hydrogen (secondary N) is 2. The summed E-state index contributed by atoms with van der Waals surface area (Å²) in [6.07, 6.45) is 0. The number of aliphatic hydroxyl groups is 1. The SMILES string of the molecule is CC(C)(C)C1(O)NC(=O)NC1=O. The van der Waals surface area contributed by atoms with Crippen LogP contribution in [0.25, 0.3) is 0 Å². The average molecular weight is 172 g/mol. The first-order chi connectivity index (χ1) is 5.27. The summed E-state index contributed by atoms with van der Waals surface area (Å²) in [5.41, 5.74) is -2.51. The van der Waals surface area contributed by atoms with Gasteiger partial charge in [0, 0.05) is 5.41 Å². The van der Waals surface area contributed by atoms with Gasteiger partial charge in [-0.05, 0) is 0 Å². The van der Waals surface area contributed by atoms with Gasteiger partial charge in [-0.1, -0.05) is 20.8 Å². The van der Waals surface area contributed by atoms with Gasteiger partial charge in [0.05, 0.1) is 0 Å². The zero-order chi connectivity index (χ0) is 9.57. The predicted octanol–water partition coefficient (Wildman–Crippen LogP) is -0.440. The first kappa shape index (κ1) is 8.99.